The van der Waals surface area contributed by atoms with Crippen LogP contribution in [0.15, 0.2) is 29.3 Å². The Morgan fingerprint density at radius 2 is 2.05 bits per heavy atom. The van der Waals surface area contributed by atoms with E-state index in [0.29, 0.717) is 22.8 Å². The molecule has 0 saturated heterocycles. The average Bonchev–Trinajstić information content (AvgIpc) is 2.67. The van der Waals surface area contributed by atoms with Crippen molar-refractivity contribution < 1.29 is 8.42 Å². The standard InChI is InChI=1S/C11H15N5O2S/c1-7-9(14-11-3-4-16(2)15-11)5-8(12)6-10(7)19(13,17)18/h3-6H,12H2,1-2H3,(H,14,15)(H2,13,17,18). The van der Waals surface area contributed by atoms with Gasteiger partial charge in [-0.2, -0.15) is 5.10 Å². The lowest BCUT2D eigenvalue weighted by Crippen LogP contribution is -2.15. The molecule has 8 heteroatoms. The number of rotatable bonds is 3. The lowest BCUT2D eigenvalue weighted by molar-refractivity contribution is 0.597. The van der Waals surface area contributed by atoms with Gasteiger partial charge in [-0.25, -0.2) is 13.6 Å². The van der Waals surface area contributed by atoms with E-state index in [1.165, 1.54) is 6.07 Å². The van der Waals surface area contributed by atoms with Gasteiger partial charge in [-0.05, 0) is 24.6 Å². The van der Waals surface area contributed by atoms with Gasteiger partial charge in [0.05, 0.1) is 4.90 Å². The highest BCUT2D eigenvalue weighted by Crippen LogP contribution is 2.28. The number of sulfonamides is 1. The van der Waals surface area contributed by atoms with E-state index in [2.05, 4.69) is 10.4 Å². The van der Waals surface area contributed by atoms with Crippen LogP contribution in [-0.4, -0.2) is 18.2 Å². The van der Waals surface area contributed by atoms with Crippen LogP contribution >= 0.6 is 0 Å². The summed E-state index contributed by atoms with van der Waals surface area (Å²) in [6.07, 6.45) is 1.77. The second kappa shape index (κ2) is 4.56. The van der Waals surface area contributed by atoms with E-state index < -0.39 is 10.0 Å². The number of hydrogen-bond donors (Lipinski definition) is 3. The Morgan fingerprint density at radius 1 is 1.37 bits per heavy atom. The minimum absolute atomic E-state index is 0.00549. The normalized spacial score (nSPS) is 11.5. The van der Waals surface area contributed by atoms with Crippen LogP contribution in [0.5, 0.6) is 0 Å². The van der Waals surface area contributed by atoms with Crippen LogP contribution in [0.2, 0.25) is 0 Å². The van der Waals surface area contributed by atoms with Gasteiger partial charge < -0.3 is 11.1 Å². The van der Waals surface area contributed by atoms with E-state index in [0.717, 1.165) is 0 Å². The fourth-order valence-corrected chi connectivity index (χ4v) is 2.59. The molecular weight excluding hydrogens is 266 g/mol. The molecular formula is C11H15N5O2S. The molecule has 1 aromatic heterocycles. The molecule has 0 bridgehead atoms. The summed E-state index contributed by atoms with van der Waals surface area (Å²) >= 11 is 0. The Hall–Kier alpha value is -2.06. The zero-order valence-corrected chi connectivity index (χ0v) is 11.4. The molecule has 0 spiro atoms. The summed E-state index contributed by atoms with van der Waals surface area (Å²) in [5.74, 6) is 0.594. The van der Waals surface area contributed by atoms with Gasteiger partial charge in [0.2, 0.25) is 10.0 Å². The molecule has 19 heavy (non-hydrogen) atoms. The summed E-state index contributed by atoms with van der Waals surface area (Å²) in [4.78, 5) is 0.00549. The minimum atomic E-state index is -3.81. The molecule has 0 saturated carbocycles. The molecule has 7 nitrogen and oxygen atoms in total. The molecule has 0 amide bonds. The molecule has 0 radical (unpaired) electrons. The quantitative estimate of drug-likeness (QED) is 0.716. The van der Waals surface area contributed by atoms with Crippen molar-refractivity contribution >= 4 is 27.2 Å². The molecule has 0 aliphatic carbocycles. The molecule has 102 valence electrons. The van der Waals surface area contributed by atoms with Crippen molar-refractivity contribution in [2.45, 2.75) is 11.8 Å². The van der Waals surface area contributed by atoms with Gasteiger partial charge >= 0.3 is 0 Å². The number of benzene rings is 1. The van der Waals surface area contributed by atoms with Gasteiger partial charge in [0.1, 0.15) is 0 Å². The van der Waals surface area contributed by atoms with E-state index in [4.69, 9.17) is 10.9 Å². The minimum Gasteiger partial charge on any atom is -0.399 e. The number of nitrogens with one attached hydrogen (secondary N) is 1. The van der Waals surface area contributed by atoms with Crippen LogP contribution in [0, 0.1) is 6.92 Å². The van der Waals surface area contributed by atoms with Gasteiger partial charge in [0, 0.05) is 30.7 Å². The van der Waals surface area contributed by atoms with Gasteiger partial charge in [0.15, 0.2) is 5.82 Å². The largest absolute Gasteiger partial charge is 0.399 e. The molecule has 1 heterocycles. The number of aromatic nitrogens is 2. The van der Waals surface area contributed by atoms with Crippen molar-refractivity contribution in [3.8, 4) is 0 Å². The number of nitrogen functional groups attached to an aromatic ring is 1. The van der Waals surface area contributed by atoms with E-state index in [-0.39, 0.29) is 4.90 Å². The maximum Gasteiger partial charge on any atom is 0.238 e. The number of anilines is 3. The van der Waals surface area contributed by atoms with Crippen LogP contribution < -0.4 is 16.2 Å². The summed E-state index contributed by atoms with van der Waals surface area (Å²) < 4.78 is 24.6. The molecule has 0 aliphatic heterocycles. The highest BCUT2D eigenvalue weighted by atomic mass is 32.2. The third-order valence-corrected chi connectivity index (χ3v) is 3.70. The number of aryl methyl sites for hydroxylation is 1. The lowest BCUT2D eigenvalue weighted by atomic mass is 10.2. The maximum absolute atomic E-state index is 11.5. The molecule has 1 aromatic carbocycles. The molecule has 5 N–H and O–H groups in total. The van der Waals surface area contributed by atoms with Gasteiger partial charge in [-0.1, -0.05) is 0 Å². The van der Waals surface area contributed by atoms with Crippen molar-refractivity contribution in [3.63, 3.8) is 0 Å². The number of primary sulfonamides is 1. The zero-order chi connectivity index (χ0) is 14.2. The SMILES string of the molecule is Cc1c(Nc2ccn(C)n2)cc(N)cc1S(N)(=O)=O. The van der Waals surface area contributed by atoms with Crippen molar-refractivity contribution in [1.29, 1.82) is 0 Å². The summed E-state index contributed by atoms with van der Waals surface area (Å²) in [6, 6.07) is 4.74. The fraction of sp³-hybridized carbons (Fsp3) is 0.182. The van der Waals surface area contributed by atoms with Crippen molar-refractivity contribution in [2.24, 2.45) is 12.2 Å². The van der Waals surface area contributed by atoms with Crippen molar-refractivity contribution in [1.82, 2.24) is 9.78 Å². The van der Waals surface area contributed by atoms with Crippen LogP contribution in [0.3, 0.4) is 0 Å². The number of nitrogens with zero attached hydrogens (tertiary/aromatic N) is 2. The molecule has 0 fully saturated rings. The summed E-state index contributed by atoms with van der Waals surface area (Å²) in [7, 11) is -2.03. The van der Waals surface area contributed by atoms with E-state index >= 15 is 0 Å². The Labute approximate surface area is 111 Å². The molecule has 0 aliphatic rings. The number of hydrogen-bond acceptors (Lipinski definition) is 5. The Balaban J connectivity index is 2.49. The first-order chi connectivity index (χ1) is 8.77. The first kappa shape index (κ1) is 13.4. The monoisotopic (exact) mass is 281 g/mol. The Kier molecular flexibility index (Phi) is 3.21. The second-order valence-corrected chi connectivity index (χ2v) is 5.77. The van der Waals surface area contributed by atoms with Gasteiger partial charge in [0.25, 0.3) is 0 Å². The fourth-order valence-electron chi connectivity index (χ4n) is 1.75. The molecule has 2 aromatic rings. The maximum atomic E-state index is 11.5. The van der Waals surface area contributed by atoms with Crippen molar-refractivity contribution in [3.05, 3.63) is 30.0 Å². The highest BCUT2D eigenvalue weighted by molar-refractivity contribution is 7.89. The van der Waals surface area contributed by atoms with E-state index in [9.17, 15) is 8.42 Å². The summed E-state index contributed by atoms with van der Waals surface area (Å²) in [5.41, 5.74) is 7.07. The zero-order valence-electron chi connectivity index (χ0n) is 10.6. The molecule has 0 unspecified atom stereocenters. The summed E-state index contributed by atoms with van der Waals surface area (Å²) in [6.45, 7) is 1.66. The van der Waals surface area contributed by atoms with E-state index in [1.54, 1.807) is 37.0 Å². The third kappa shape index (κ3) is 2.85. The Bertz CT molecular complexity index is 721. The van der Waals surface area contributed by atoms with Crippen LogP contribution in [-0.2, 0) is 17.1 Å². The van der Waals surface area contributed by atoms with Gasteiger partial charge in [-0.15, -0.1) is 0 Å². The van der Waals surface area contributed by atoms with Crippen LogP contribution in [0.25, 0.3) is 0 Å². The lowest BCUT2D eigenvalue weighted by Gasteiger charge is -2.12. The van der Waals surface area contributed by atoms with Crippen LogP contribution in [0.4, 0.5) is 17.2 Å². The third-order valence-electron chi connectivity index (χ3n) is 2.67. The van der Waals surface area contributed by atoms with Crippen molar-refractivity contribution in [2.75, 3.05) is 11.1 Å². The first-order valence-electron chi connectivity index (χ1n) is 5.47. The molecule has 2 rings (SSSR count). The Morgan fingerprint density at radius 3 is 2.58 bits per heavy atom. The first-order valence-corrected chi connectivity index (χ1v) is 7.01. The predicted octanol–water partition coefficient (Wildman–Crippen LogP) is 0.702. The van der Waals surface area contributed by atoms with Crippen LogP contribution in [0.1, 0.15) is 5.56 Å². The van der Waals surface area contributed by atoms with E-state index in [1.807, 2.05) is 0 Å². The topological polar surface area (TPSA) is 116 Å². The number of nitrogens with two attached hydrogens (primary N) is 2. The van der Waals surface area contributed by atoms with Gasteiger partial charge in [-0.3, -0.25) is 4.68 Å². The smallest absolute Gasteiger partial charge is 0.238 e. The summed E-state index contributed by atoms with van der Waals surface area (Å²) in [5, 5.41) is 12.3. The average molecular weight is 281 g/mol. The molecule has 0 atom stereocenters. The second-order valence-electron chi connectivity index (χ2n) is 4.24. The predicted molar refractivity (Wildman–Crippen MR) is 73.5 cm³/mol. The highest BCUT2D eigenvalue weighted by Gasteiger charge is 2.16.